The summed E-state index contributed by atoms with van der Waals surface area (Å²) >= 11 is 6.59. The van der Waals surface area contributed by atoms with Gasteiger partial charge >= 0.3 is 24.5 Å². The van der Waals surface area contributed by atoms with Crippen molar-refractivity contribution in [3.8, 4) is 22.6 Å². The van der Waals surface area contributed by atoms with E-state index in [1.165, 1.54) is 42.6 Å². The lowest BCUT2D eigenvalue weighted by molar-refractivity contribution is -0.274. The highest BCUT2D eigenvalue weighted by Gasteiger charge is 2.33. The van der Waals surface area contributed by atoms with E-state index in [1.807, 2.05) is 0 Å². The van der Waals surface area contributed by atoms with Crippen molar-refractivity contribution in [2.75, 3.05) is 25.1 Å². The average molecular weight is 723 g/mol. The lowest BCUT2D eigenvalue weighted by Crippen LogP contribution is -2.37. The van der Waals surface area contributed by atoms with Crippen molar-refractivity contribution in [2.45, 2.75) is 78.2 Å². The minimum absolute atomic E-state index is 0.00157. The van der Waals surface area contributed by atoms with Gasteiger partial charge < -0.3 is 28.6 Å². The second kappa shape index (κ2) is 15.0. The van der Waals surface area contributed by atoms with Crippen molar-refractivity contribution in [1.82, 2.24) is 14.9 Å². The van der Waals surface area contributed by atoms with Gasteiger partial charge in [-0.1, -0.05) is 23.7 Å². The maximum Gasteiger partial charge on any atom is 0.573 e. The van der Waals surface area contributed by atoms with Gasteiger partial charge in [-0.25, -0.2) is 29.3 Å². The quantitative estimate of drug-likeness (QED) is 0.168. The number of ether oxygens (including phenoxy) is 5. The Labute approximate surface area is 292 Å². The minimum Gasteiger partial charge on any atom is -0.487 e. The van der Waals surface area contributed by atoms with E-state index >= 15 is 0 Å². The Balaban J connectivity index is 1.63. The predicted molar refractivity (Wildman–Crippen MR) is 176 cm³/mol. The Bertz CT molecular complexity index is 1710. The summed E-state index contributed by atoms with van der Waals surface area (Å²) in [5, 5.41) is 0.00157. The highest BCUT2D eigenvalue weighted by molar-refractivity contribution is 6.35. The van der Waals surface area contributed by atoms with Gasteiger partial charge in [-0.15, -0.1) is 13.2 Å². The van der Waals surface area contributed by atoms with Gasteiger partial charge in [0.05, 0.1) is 30.8 Å². The van der Waals surface area contributed by atoms with Gasteiger partial charge in [0, 0.05) is 30.9 Å². The van der Waals surface area contributed by atoms with Crippen molar-refractivity contribution in [3.05, 3.63) is 64.9 Å². The van der Waals surface area contributed by atoms with E-state index in [0.29, 0.717) is 24.1 Å². The molecule has 2 aromatic carbocycles. The molecule has 0 N–H and O–H groups in total. The number of carbonyl (C=O) groups is 3. The first kappa shape index (κ1) is 38.0. The molecule has 50 heavy (non-hydrogen) atoms. The van der Waals surface area contributed by atoms with Gasteiger partial charge in [-0.05, 0) is 76.9 Å². The molecule has 1 aromatic heterocycles. The van der Waals surface area contributed by atoms with Crippen LogP contribution in [0.3, 0.4) is 0 Å². The van der Waals surface area contributed by atoms with Crippen molar-refractivity contribution in [3.63, 3.8) is 0 Å². The molecule has 270 valence electrons. The van der Waals surface area contributed by atoms with Crippen LogP contribution in [0.5, 0.6) is 11.5 Å². The summed E-state index contributed by atoms with van der Waals surface area (Å²) in [6.07, 6.45) is -3.43. The normalized spacial score (nSPS) is 14.9. The number of nitrogens with zero attached hydrogens (tertiary/aromatic N) is 4. The maximum absolute atomic E-state index is 13.3. The van der Waals surface area contributed by atoms with E-state index in [9.17, 15) is 27.6 Å². The van der Waals surface area contributed by atoms with Crippen LogP contribution >= 0.6 is 11.6 Å². The van der Waals surface area contributed by atoms with Gasteiger partial charge in [0.25, 0.3) is 0 Å². The lowest BCUT2D eigenvalue weighted by atomic mass is 10.0. The van der Waals surface area contributed by atoms with Crippen LogP contribution in [0.25, 0.3) is 11.1 Å². The van der Waals surface area contributed by atoms with Crippen LogP contribution in [0.15, 0.2) is 48.8 Å². The zero-order valence-electron chi connectivity index (χ0n) is 28.6. The van der Waals surface area contributed by atoms with Crippen molar-refractivity contribution in [1.29, 1.82) is 0 Å². The number of carbonyl (C=O) groups excluding carboxylic acids is 3. The molecule has 1 aliphatic rings. The topological polar surface area (TPSA) is 130 Å². The number of methoxy groups -OCH3 is 1. The maximum atomic E-state index is 13.3. The zero-order chi connectivity index (χ0) is 37.0. The number of rotatable bonds is 8. The van der Waals surface area contributed by atoms with E-state index in [1.54, 1.807) is 47.6 Å². The molecule has 12 nitrogen and oxygen atoms in total. The van der Waals surface area contributed by atoms with E-state index in [2.05, 4.69) is 14.7 Å². The molecule has 0 bridgehead atoms. The Morgan fingerprint density at radius 2 is 1.62 bits per heavy atom. The number of halogens is 4. The first-order chi connectivity index (χ1) is 23.2. The number of alkyl halides is 3. The number of aromatic nitrogens is 2. The number of amides is 2. The van der Waals surface area contributed by atoms with Gasteiger partial charge in [0.2, 0.25) is 5.95 Å². The monoisotopic (exact) mass is 722 g/mol. The van der Waals surface area contributed by atoms with Gasteiger partial charge in [-0.2, -0.15) is 0 Å². The van der Waals surface area contributed by atoms with Crippen LogP contribution in [-0.4, -0.2) is 76.9 Å². The summed E-state index contributed by atoms with van der Waals surface area (Å²) in [6, 6.07) is 8.19. The van der Waals surface area contributed by atoms with Crippen LogP contribution in [0.4, 0.5) is 28.7 Å². The summed E-state index contributed by atoms with van der Waals surface area (Å²) in [5.41, 5.74) is -0.481. The SMILES string of the molecule is COC(=O)c1cc(-c2cnc(N(Cc3cccc(OC(F)(F)F)c3)C(=O)OC(C)(C)C)nc2)cc(OC2CCN(C(=O)OC(C)(C)C)C2)c1Cl. The third kappa shape index (κ3) is 10.6. The molecular formula is C34H38ClF3N4O8. The van der Waals surface area contributed by atoms with Gasteiger partial charge in [0.15, 0.2) is 0 Å². The second-order valence-corrected chi connectivity index (χ2v) is 13.7. The molecule has 0 saturated carbocycles. The molecule has 1 saturated heterocycles. The summed E-state index contributed by atoms with van der Waals surface area (Å²) in [6.45, 7) is 10.7. The molecule has 3 aromatic rings. The average Bonchev–Trinajstić information content (AvgIpc) is 3.47. The lowest BCUT2D eigenvalue weighted by Gasteiger charge is -2.26. The van der Waals surface area contributed by atoms with E-state index in [4.69, 9.17) is 30.5 Å². The molecule has 2 heterocycles. The zero-order valence-corrected chi connectivity index (χ0v) is 29.3. The predicted octanol–water partition coefficient (Wildman–Crippen LogP) is 7.81. The fourth-order valence-corrected chi connectivity index (χ4v) is 5.00. The Morgan fingerprint density at radius 3 is 2.22 bits per heavy atom. The summed E-state index contributed by atoms with van der Waals surface area (Å²) in [7, 11) is 1.20. The molecule has 2 amide bonds. The number of anilines is 1. The minimum atomic E-state index is -4.90. The van der Waals surface area contributed by atoms with Gasteiger partial charge in [-0.3, -0.25) is 0 Å². The second-order valence-electron chi connectivity index (χ2n) is 13.3. The van der Waals surface area contributed by atoms with Crippen LogP contribution in [0.1, 0.15) is 63.9 Å². The van der Waals surface area contributed by atoms with Crippen molar-refractivity contribution >= 4 is 35.7 Å². The third-order valence-electron chi connectivity index (χ3n) is 6.83. The van der Waals surface area contributed by atoms with Crippen molar-refractivity contribution < 1.29 is 51.2 Å². The summed E-state index contributed by atoms with van der Waals surface area (Å²) in [4.78, 5) is 49.8. The van der Waals surface area contributed by atoms with Crippen LogP contribution < -0.4 is 14.4 Å². The molecule has 1 fully saturated rings. The number of esters is 1. The summed E-state index contributed by atoms with van der Waals surface area (Å²) < 4.78 is 64.6. The van der Waals surface area contributed by atoms with Crippen LogP contribution in [0, 0.1) is 0 Å². The Kier molecular flexibility index (Phi) is 11.4. The van der Waals surface area contributed by atoms with E-state index in [0.717, 1.165) is 17.0 Å². The first-order valence-electron chi connectivity index (χ1n) is 15.5. The molecule has 1 aliphatic heterocycles. The highest BCUT2D eigenvalue weighted by Crippen LogP contribution is 2.36. The smallest absolute Gasteiger partial charge is 0.487 e. The number of hydrogen-bond acceptors (Lipinski definition) is 10. The number of benzene rings is 2. The van der Waals surface area contributed by atoms with Crippen LogP contribution in [0.2, 0.25) is 5.02 Å². The highest BCUT2D eigenvalue weighted by atomic mass is 35.5. The number of hydrogen-bond donors (Lipinski definition) is 0. The van der Waals surface area contributed by atoms with Crippen LogP contribution in [-0.2, 0) is 20.8 Å². The molecule has 0 spiro atoms. The van der Waals surface area contributed by atoms with E-state index < -0.39 is 47.6 Å². The van der Waals surface area contributed by atoms with Crippen molar-refractivity contribution in [2.24, 2.45) is 0 Å². The molecule has 1 unspecified atom stereocenters. The first-order valence-corrected chi connectivity index (χ1v) is 15.8. The van der Waals surface area contributed by atoms with E-state index in [-0.39, 0.29) is 40.9 Å². The molecule has 16 heteroatoms. The fourth-order valence-electron chi connectivity index (χ4n) is 4.77. The molecule has 1 atom stereocenters. The van der Waals surface area contributed by atoms with Gasteiger partial charge in [0.1, 0.15) is 28.8 Å². The Morgan fingerprint density at radius 1 is 0.960 bits per heavy atom. The molecule has 4 rings (SSSR count). The summed E-state index contributed by atoms with van der Waals surface area (Å²) in [5.74, 6) is -1.15. The standard InChI is InChI=1S/C34H38ClF3N4O8/c1-32(2,3)49-30(44)41-12-11-24(19-41)47-26-15-21(14-25(27(26)35)28(43)46-7)22-16-39-29(40-17-22)42(31(45)50-33(4,5)6)18-20-9-8-10-23(13-20)48-34(36,37)38/h8-10,13-17,24H,11-12,18-19H2,1-7H3. The molecular weight excluding hydrogens is 685 g/mol. The number of likely N-dealkylation sites (tertiary alicyclic amines) is 1. The largest absolute Gasteiger partial charge is 0.573 e. The Hall–Kier alpha value is -4.79. The fraction of sp³-hybridized carbons (Fsp3) is 0.441. The third-order valence-corrected chi connectivity index (χ3v) is 7.22. The molecule has 0 radical (unpaired) electrons. The molecule has 0 aliphatic carbocycles.